The second-order valence-corrected chi connectivity index (χ2v) is 5.13. The average Bonchev–Trinajstić information content (AvgIpc) is 2.38. The van der Waals surface area contributed by atoms with Crippen LogP contribution < -0.4 is 15.2 Å². The quantitative estimate of drug-likeness (QED) is 0.830. The maximum atomic E-state index is 9.52. The lowest BCUT2D eigenvalue weighted by Gasteiger charge is -2.27. The van der Waals surface area contributed by atoms with Crippen molar-refractivity contribution in [3.8, 4) is 11.5 Å². The molecule has 2 unspecified atom stereocenters. The van der Waals surface area contributed by atoms with Crippen LogP contribution in [0.4, 0.5) is 0 Å². The number of nitrogens with two attached hydrogens (primary N) is 1. The highest BCUT2D eigenvalue weighted by atomic mass is 16.5. The van der Waals surface area contributed by atoms with Crippen molar-refractivity contribution in [3.63, 3.8) is 0 Å². The summed E-state index contributed by atoms with van der Waals surface area (Å²) in [6, 6.07) is 3.55. The molecule has 0 amide bonds. The maximum absolute atomic E-state index is 9.52. The predicted octanol–water partition coefficient (Wildman–Crippen LogP) is 2.28. The van der Waals surface area contributed by atoms with E-state index in [9.17, 15) is 5.11 Å². The third kappa shape index (κ3) is 3.19. The van der Waals surface area contributed by atoms with Gasteiger partial charge in [0.05, 0.1) is 14.2 Å². The fourth-order valence-electron chi connectivity index (χ4n) is 2.42. The molecule has 0 aliphatic carbocycles. The van der Waals surface area contributed by atoms with Crippen LogP contribution in [-0.2, 0) is 0 Å². The standard InChI is InChI=1S/C15H25NO3/c1-9(2)12(8-17)14(16)11-6-7-13(18-4)10(3)15(11)19-5/h6-7,9,12,14,17H,8,16H2,1-5H3. The summed E-state index contributed by atoms with van der Waals surface area (Å²) in [6.07, 6.45) is 0. The normalized spacial score (nSPS) is 14.3. The van der Waals surface area contributed by atoms with E-state index in [1.54, 1.807) is 14.2 Å². The molecule has 108 valence electrons. The van der Waals surface area contributed by atoms with E-state index in [0.29, 0.717) is 5.92 Å². The second kappa shape index (κ2) is 6.78. The Morgan fingerprint density at radius 3 is 2.26 bits per heavy atom. The van der Waals surface area contributed by atoms with E-state index in [1.807, 2.05) is 19.1 Å². The Balaban J connectivity index is 3.23. The van der Waals surface area contributed by atoms with Crippen LogP contribution in [0.2, 0.25) is 0 Å². The van der Waals surface area contributed by atoms with Crippen molar-refractivity contribution in [1.82, 2.24) is 0 Å². The molecule has 0 spiro atoms. The molecule has 1 rings (SSSR count). The number of aliphatic hydroxyl groups is 1. The van der Waals surface area contributed by atoms with Gasteiger partial charge in [0.2, 0.25) is 0 Å². The number of rotatable bonds is 6. The number of aliphatic hydroxyl groups excluding tert-OH is 1. The molecule has 0 aliphatic rings. The first kappa shape index (κ1) is 15.8. The largest absolute Gasteiger partial charge is 0.496 e. The van der Waals surface area contributed by atoms with Gasteiger partial charge >= 0.3 is 0 Å². The van der Waals surface area contributed by atoms with E-state index < -0.39 is 0 Å². The van der Waals surface area contributed by atoms with Gasteiger partial charge < -0.3 is 20.3 Å². The lowest BCUT2D eigenvalue weighted by atomic mass is 9.84. The number of methoxy groups -OCH3 is 2. The summed E-state index contributed by atoms with van der Waals surface area (Å²) in [5.41, 5.74) is 8.15. The average molecular weight is 267 g/mol. The lowest BCUT2D eigenvalue weighted by Crippen LogP contribution is -2.29. The Labute approximate surface area is 115 Å². The first-order valence-electron chi connectivity index (χ1n) is 6.55. The molecule has 3 N–H and O–H groups in total. The van der Waals surface area contributed by atoms with Crippen molar-refractivity contribution in [2.24, 2.45) is 17.6 Å². The molecule has 2 atom stereocenters. The van der Waals surface area contributed by atoms with Crippen LogP contribution in [0.3, 0.4) is 0 Å². The van der Waals surface area contributed by atoms with Gasteiger partial charge in [0.25, 0.3) is 0 Å². The van der Waals surface area contributed by atoms with E-state index in [0.717, 1.165) is 22.6 Å². The predicted molar refractivity (Wildman–Crippen MR) is 76.6 cm³/mol. The number of hydrogen-bond acceptors (Lipinski definition) is 4. The summed E-state index contributed by atoms with van der Waals surface area (Å²) in [4.78, 5) is 0. The molecule has 0 fully saturated rings. The molecule has 0 heterocycles. The van der Waals surface area contributed by atoms with Crippen LogP contribution in [0.5, 0.6) is 11.5 Å². The first-order valence-corrected chi connectivity index (χ1v) is 6.55. The van der Waals surface area contributed by atoms with E-state index in [1.165, 1.54) is 0 Å². The third-order valence-corrected chi connectivity index (χ3v) is 3.70. The molecule has 4 nitrogen and oxygen atoms in total. The van der Waals surface area contributed by atoms with E-state index >= 15 is 0 Å². The minimum absolute atomic E-state index is 0.00157. The highest BCUT2D eigenvalue weighted by Crippen LogP contribution is 2.37. The summed E-state index contributed by atoms with van der Waals surface area (Å²) < 4.78 is 10.8. The van der Waals surface area contributed by atoms with Gasteiger partial charge in [-0.25, -0.2) is 0 Å². The Bertz CT molecular complexity index is 418. The van der Waals surface area contributed by atoms with Gasteiger partial charge in [-0.3, -0.25) is 0 Å². The molecule has 0 aromatic heterocycles. The fraction of sp³-hybridized carbons (Fsp3) is 0.600. The van der Waals surface area contributed by atoms with Gasteiger partial charge in [0, 0.05) is 29.7 Å². The first-order chi connectivity index (χ1) is 8.97. The monoisotopic (exact) mass is 267 g/mol. The van der Waals surface area contributed by atoms with Crippen LogP contribution in [0, 0.1) is 18.8 Å². The zero-order chi connectivity index (χ0) is 14.6. The number of benzene rings is 1. The molecule has 0 saturated heterocycles. The summed E-state index contributed by atoms with van der Waals surface area (Å²) in [5.74, 6) is 1.82. The van der Waals surface area contributed by atoms with Crippen molar-refractivity contribution in [1.29, 1.82) is 0 Å². The minimum Gasteiger partial charge on any atom is -0.496 e. The van der Waals surface area contributed by atoms with E-state index in [-0.39, 0.29) is 18.6 Å². The lowest BCUT2D eigenvalue weighted by molar-refractivity contribution is 0.164. The summed E-state index contributed by atoms with van der Waals surface area (Å²) in [6.45, 7) is 6.12. The van der Waals surface area contributed by atoms with Gasteiger partial charge in [-0.15, -0.1) is 0 Å². The van der Waals surface area contributed by atoms with Crippen molar-refractivity contribution >= 4 is 0 Å². The van der Waals surface area contributed by atoms with E-state index in [2.05, 4.69) is 13.8 Å². The maximum Gasteiger partial charge on any atom is 0.130 e. The summed E-state index contributed by atoms with van der Waals surface area (Å²) in [5, 5.41) is 9.52. The van der Waals surface area contributed by atoms with Gasteiger partial charge in [-0.1, -0.05) is 19.9 Å². The zero-order valence-electron chi connectivity index (χ0n) is 12.4. The Morgan fingerprint density at radius 1 is 1.21 bits per heavy atom. The third-order valence-electron chi connectivity index (χ3n) is 3.70. The van der Waals surface area contributed by atoms with Crippen LogP contribution in [0.25, 0.3) is 0 Å². The molecule has 1 aromatic rings. The van der Waals surface area contributed by atoms with Crippen molar-refractivity contribution in [2.75, 3.05) is 20.8 Å². The molecule has 1 aromatic carbocycles. The Hall–Kier alpha value is -1.26. The fourth-order valence-corrected chi connectivity index (χ4v) is 2.42. The van der Waals surface area contributed by atoms with Crippen LogP contribution in [0.15, 0.2) is 12.1 Å². The molecule has 0 saturated carbocycles. The van der Waals surface area contributed by atoms with Gasteiger partial charge in [-0.2, -0.15) is 0 Å². The summed E-state index contributed by atoms with van der Waals surface area (Å²) in [7, 11) is 3.26. The molecular formula is C15H25NO3. The second-order valence-electron chi connectivity index (χ2n) is 5.13. The van der Waals surface area contributed by atoms with Gasteiger partial charge in [-0.05, 0) is 18.9 Å². The van der Waals surface area contributed by atoms with Crippen molar-refractivity contribution in [2.45, 2.75) is 26.8 Å². The van der Waals surface area contributed by atoms with Crippen molar-refractivity contribution in [3.05, 3.63) is 23.3 Å². The van der Waals surface area contributed by atoms with E-state index in [4.69, 9.17) is 15.2 Å². The number of ether oxygens (including phenoxy) is 2. The van der Waals surface area contributed by atoms with Gasteiger partial charge in [0.15, 0.2) is 0 Å². The minimum atomic E-state index is -0.260. The van der Waals surface area contributed by atoms with Crippen LogP contribution in [-0.4, -0.2) is 25.9 Å². The molecule has 0 radical (unpaired) electrons. The van der Waals surface area contributed by atoms with Crippen molar-refractivity contribution < 1.29 is 14.6 Å². The highest BCUT2D eigenvalue weighted by molar-refractivity contribution is 5.50. The van der Waals surface area contributed by atoms with Crippen LogP contribution >= 0.6 is 0 Å². The SMILES string of the molecule is COc1ccc(C(N)C(CO)C(C)C)c(OC)c1C. The smallest absolute Gasteiger partial charge is 0.130 e. The Kier molecular flexibility index (Phi) is 5.63. The Morgan fingerprint density at radius 2 is 1.84 bits per heavy atom. The van der Waals surface area contributed by atoms with Crippen LogP contribution in [0.1, 0.15) is 31.0 Å². The molecule has 4 heteroatoms. The molecule has 19 heavy (non-hydrogen) atoms. The zero-order valence-corrected chi connectivity index (χ0v) is 12.4. The molecular weight excluding hydrogens is 242 g/mol. The number of hydrogen-bond donors (Lipinski definition) is 2. The summed E-state index contributed by atoms with van der Waals surface area (Å²) >= 11 is 0. The highest BCUT2D eigenvalue weighted by Gasteiger charge is 2.26. The van der Waals surface area contributed by atoms with Gasteiger partial charge in [0.1, 0.15) is 11.5 Å². The molecule has 0 bridgehead atoms. The topological polar surface area (TPSA) is 64.7 Å². The molecule has 0 aliphatic heterocycles.